The third-order valence-corrected chi connectivity index (χ3v) is 3.77. The van der Waals surface area contributed by atoms with Gasteiger partial charge in [0.25, 0.3) is 0 Å². The minimum atomic E-state index is -0.0597. The Labute approximate surface area is 82.5 Å². The van der Waals surface area contributed by atoms with Gasteiger partial charge in [-0.05, 0) is 24.2 Å². The molecule has 0 radical (unpaired) electrons. The molecule has 0 aliphatic heterocycles. The standard InChI is InChI=1S/C12H24O/c1-10-7-5-4-6-8-11(13)9-12(10,2)3/h10-11,13H,4-9H2,1-3H3. The van der Waals surface area contributed by atoms with E-state index >= 15 is 0 Å². The number of rotatable bonds is 0. The minimum absolute atomic E-state index is 0.0597. The van der Waals surface area contributed by atoms with Crippen molar-refractivity contribution in [1.82, 2.24) is 0 Å². The summed E-state index contributed by atoms with van der Waals surface area (Å²) in [5.41, 5.74) is 0.323. The molecule has 0 saturated heterocycles. The second-order valence-corrected chi connectivity index (χ2v) is 5.39. The van der Waals surface area contributed by atoms with Crippen LogP contribution in [0.3, 0.4) is 0 Å². The molecule has 2 atom stereocenters. The van der Waals surface area contributed by atoms with Gasteiger partial charge in [-0.25, -0.2) is 0 Å². The number of aliphatic hydroxyl groups excluding tert-OH is 1. The van der Waals surface area contributed by atoms with Crippen molar-refractivity contribution >= 4 is 0 Å². The van der Waals surface area contributed by atoms with Gasteiger partial charge in [-0.3, -0.25) is 0 Å². The lowest BCUT2D eigenvalue weighted by Gasteiger charge is -2.33. The molecule has 1 rings (SSSR count). The second kappa shape index (κ2) is 4.45. The van der Waals surface area contributed by atoms with Crippen LogP contribution in [0.2, 0.25) is 0 Å². The normalized spacial score (nSPS) is 36.0. The monoisotopic (exact) mass is 184 g/mol. The zero-order valence-corrected chi connectivity index (χ0v) is 9.34. The maximum Gasteiger partial charge on any atom is 0.0545 e. The predicted octanol–water partition coefficient (Wildman–Crippen LogP) is 3.36. The van der Waals surface area contributed by atoms with E-state index in [2.05, 4.69) is 20.8 Å². The smallest absolute Gasteiger partial charge is 0.0545 e. The van der Waals surface area contributed by atoms with Crippen LogP contribution < -0.4 is 0 Å². The van der Waals surface area contributed by atoms with Crippen molar-refractivity contribution in [2.45, 2.75) is 65.4 Å². The Morgan fingerprint density at radius 3 is 2.38 bits per heavy atom. The van der Waals surface area contributed by atoms with E-state index in [1.807, 2.05) is 0 Å². The highest BCUT2D eigenvalue weighted by Crippen LogP contribution is 2.37. The van der Waals surface area contributed by atoms with Gasteiger partial charge in [-0.2, -0.15) is 0 Å². The summed E-state index contributed by atoms with van der Waals surface area (Å²) in [6, 6.07) is 0. The van der Waals surface area contributed by atoms with Gasteiger partial charge in [-0.15, -0.1) is 0 Å². The largest absolute Gasteiger partial charge is 0.393 e. The Bertz CT molecular complexity index is 151. The first kappa shape index (κ1) is 11.0. The molecule has 1 aliphatic rings. The van der Waals surface area contributed by atoms with Crippen LogP contribution in [-0.2, 0) is 0 Å². The van der Waals surface area contributed by atoms with Crippen LogP contribution in [0.1, 0.15) is 59.3 Å². The van der Waals surface area contributed by atoms with Crippen molar-refractivity contribution in [3.05, 3.63) is 0 Å². The average molecular weight is 184 g/mol. The molecule has 2 unspecified atom stereocenters. The summed E-state index contributed by atoms with van der Waals surface area (Å²) in [7, 11) is 0. The summed E-state index contributed by atoms with van der Waals surface area (Å²) in [6.07, 6.45) is 7.12. The number of hydrogen-bond acceptors (Lipinski definition) is 1. The van der Waals surface area contributed by atoms with Crippen LogP contribution in [0.15, 0.2) is 0 Å². The van der Waals surface area contributed by atoms with Gasteiger partial charge in [0, 0.05) is 0 Å². The molecule has 0 spiro atoms. The lowest BCUT2D eigenvalue weighted by atomic mass is 9.74. The second-order valence-electron chi connectivity index (χ2n) is 5.39. The summed E-state index contributed by atoms with van der Waals surface area (Å²) in [5, 5.41) is 9.79. The summed E-state index contributed by atoms with van der Waals surface area (Å²) in [5.74, 6) is 0.750. The van der Waals surface area contributed by atoms with E-state index in [0.29, 0.717) is 5.41 Å². The van der Waals surface area contributed by atoms with Crippen molar-refractivity contribution in [1.29, 1.82) is 0 Å². The highest BCUT2D eigenvalue weighted by atomic mass is 16.3. The molecule has 78 valence electrons. The molecule has 1 fully saturated rings. The van der Waals surface area contributed by atoms with Crippen LogP contribution in [0, 0.1) is 11.3 Å². The van der Waals surface area contributed by atoms with Gasteiger partial charge < -0.3 is 5.11 Å². The number of aliphatic hydroxyl groups is 1. The molecule has 0 amide bonds. The Morgan fingerprint density at radius 2 is 1.69 bits per heavy atom. The SMILES string of the molecule is CC1CCCCCC(O)CC1(C)C. The first-order valence-corrected chi connectivity index (χ1v) is 5.70. The van der Waals surface area contributed by atoms with Crippen molar-refractivity contribution in [3.8, 4) is 0 Å². The van der Waals surface area contributed by atoms with E-state index in [1.54, 1.807) is 0 Å². The van der Waals surface area contributed by atoms with Gasteiger partial charge in [0.15, 0.2) is 0 Å². The molecule has 1 saturated carbocycles. The molecule has 0 aromatic carbocycles. The zero-order chi connectivity index (χ0) is 9.90. The Morgan fingerprint density at radius 1 is 1.08 bits per heavy atom. The highest BCUT2D eigenvalue weighted by Gasteiger charge is 2.28. The fraction of sp³-hybridized carbons (Fsp3) is 1.00. The number of hydrogen-bond donors (Lipinski definition) is 1. The summed E-state index contributed by atoms with van der Waals surface area (Å²) >= 11 is 0. The van der Waals surface area contributed by atoms with E-state index in [9.17, 15) is 5.11 Å². The van der Waals surface area contributed by atoms with Crippen LogP contribution in [-0.4, -0.2) is 11.2 Å². The van der Waals surface area contributed by atoms with Gasteiger partial charge in [0.05, 0.1) is 6.10 Å². The van der Waals surface area contributed by atoms with E-state index in [-0.39, 0.29) is 6.10 Å². The predicted molar refractivity (Wildman–Crippen MR) is 56.7 cm³/mol. The van der Waals surface area contributed by atoms with Crippen LogP contribution in [0.5, 0.6) is 0 Å². The van der Waals surface area contributed by atoms with Gasteiger partial charge in [0.2, 0.25) is 0 Å². The lowest BCUT2D eigenvalue weighted by Crippen LogP contribution is -2.26. The van der Waals surface area contributed by atoms with Gasteiger partial charge >= 0.3 is 0 Å². The van der Waals surface area contributed by atoms with Crippen LogP contribution >= 0.6 is 0 Å². The van der Waals surface area contributed by atoms with Gasteiger partial charge in [0.1, 0.15) is 0 Å². The summed E-state index contributed by atoms with van der Waals surface area (Å²) < 4.78 is 0. The lowest BCUT2D eigenvalue weighted by molar-refractivity contribution is 0.0794. The van der Waals surface area contributed by atoms with Crippen molar-refractivity contribution in [2.75, 3.05) is 0 Å². The molecule has 0 bridgehead atoms. The fourth-order valence-electron chi connectivity index (χ4n) is 2.31. The first-order chi connectivity index (χ1) is 6.02. The molecule has 1 N–H and O–H groups in total. The van der Waals surface area contributed by atoms with E-state index in [4.69, 9.17) is 0 Å². The zero-order valence-electron chi connectivity index (χ0n) is 9.34. The third kappa shape index (κ3) is 3.30. The molecule has 0 heterocycles. The quantitative estimate of drug-likeness (QED) is 0.612. The molecule has 1 heteroatoms. The van der Waals surface area contributed by atoms with E-state index < -0.39 is 0 Å². The van der Waals surface area contributed by atoms with Crippen molar-refractivity contribution in [2.24, 2.45) is 11.3 Å². The summed E-state index contributed by atoms with van der Waals surface area (Å²) in [4.78, 5) is 0. The molecule has 0 aromatic rings. The topological polar surface area (TPSA) is 20.2 Å². The Hall–Kier alpha value is -0.0400. The average Bonchev–Trinajstić information content (AvgIpc) is 2.05. The summed E-state index contributed by atoms with van der Waals surface area (Å²) in [6.45, 7) is 6.93. The molecule has 13 heavy (non-hydrogen) atoms. The molecular formula is C12H24O. The Kier molecular flexibility index (Phi) is 3.78. The maximum absolute atomic E-state index is 9.79. The van der Waals surface area contributed by atoms with Crippen LogP contribution in [0.25, 0.3) is 0 Å². The molecule has 1 aliphatic carbocycles. The van der Waals surface area contributed by atoms with Gasteiger partial charge in [-0.1, -0.05) is 46.5 Å². The minimum Gasteiger partial charge on any atom is -0.393 e. The first-order valence-electron chi connectivity index (χ1n) is 5.70. The maximum atomic E-state index is 9.79. The van der Waals surface area contributed by atoms with Crippen molar-refractivity contribution in [3.63, 3.8) is 0 Å². The fourth-order valence-corrected chi connectivity index (χ4v) is 2.31. The van der Waals surface area contributed by atoms with Crippen molar-refractivity contribution < 1.29 is 5.11 Å². The van der Waals surface area contributed by atoms with E-state index in [1.165, 1.54) is 25.7 Å². The van der Waals surface area contributed by atoms with E-state index in [0.717, 1.165) is 18.8 Å². The van der Waals surface area contributed by atoms with Crippen LogP contribution in [0.4, 0.5) is 0 Å². The molecule has 0 aromatic heterocycles. The molecular weight excluding hydrogens is 160 g/mol. The Balaban J connectivity index is 2.58. The molecule has 1 nitrogen and oxygen atoms in total. The third-order valence-electron chi connectivity index (χ3n) is 3.77. The highest BCUT2D eigenvalue weighted by molar-refractivity contribution is 4.79.